The molecule has 0 bridgehead atoms. The minimum Gasteiger partial charge on any atom is -0.494 e. The largest absolute Gasteiger partial charge is 0.494 e. The summed E-state index contributed by atoms with van der Waals surface area (Å²) in [6.07, 6.45) is -5.62. The number of fused-ring (bicyclic) bond motifs is 1. The number of morpholine rings is 1. The van der Waals surface area contributed by atoms with Crippen LogP contribution in [0, 0.1) is 0 Å². The van der Waals surface area contributed by atoms with Crippen LogP contribution in [0.5, 0.6) is 5.75 Å². The lowest BCUT2D eigenvalue weighted by atomic mass is 10.1. The Morgan fingerprint density at radius 2 is 1.91 bits per heavy atom. The number of rotatable bonds is 10. The molecule has 5 rings (SSSR count). The summed E-state index contributed by atoms with van der Waals surface area (Å²) in [5, 5.41) is 19.6. The van der Waals surface area contributed by atoms with Crippen LogP contribution in [0.25, 0.3) is 0 Å². The molecule has 1 fully saturated rings. The van der Waals surface area contributed by atoms with E-state index in [0.717, 1.165) is 35.6 Å². The molecule has 0 aliphatic carbocycles. The minimum atomic E-state index is -4.68. The molecular weight excluding hydrogens is 603 g/mol. The molecule has 1 aromatic heterocycles. The fraction of sp³-hybridized carbons (Fsp3) is 0.448. The number of ether oxygens (including phenoxy) is 3. The van der Waals surface area contributed by atoms with E-state index >= 15 is 0 Å². The van der Waals surface area contributed by atoms with Gasteiger partial charge in [0, 0.05) is 75.1 Å². The highest BCUT2D eigenvalue weighted by Gasteiger charge is 2.39. The second-order valence-corrected chi connectivity index (χ2v) is 10.9. The van der Waals surface area contributed by atoms with Crippen LogP contribution in [-0.2, 0) is 22.6 Å². The molecule has 2 aliphatic rings. The lowest BCUT2D eigenvalue weighted by molar-refractivity contribution is -0.208. The second-order valence-electron chi connectivity index (χ2n) is 10.4. The zero-order valence-electron chi connectivity index (χ0n) is 24.4. The van der Waals surface area contributed by atoms with Crippen LogP contribution in [0.15, 0.2) is 36.5 Å². The molecule has 0 amide bonds. The van der Waals surface area contributed by atoms with Crippen molar-refractivity contribution in [3.05, 3.63) is 52.7 Å². The summed E-state index contributed by atoms with van der Waals surface area (Å²) in [5.41, 5.74) is 4.62. The van der Waals surface area contributed by atoms with Crippen molar-refractivity contribution in [3.63, 3.8) is 0 Å². The highest BCUT2D eigenvalue weighted by molar-refractivity contribution is 6.33. The molecule has 0 saturated carbocycles. The standard InChI is InChI=1S/C29H35ClF3N7O4/c1-42-17-19-11-18-15-39(16-26(41)29(31,32)33)6-5-34-23(18)13-24(19)37-28-35-14-21(30)27(38-28)36-22-4-3-20(12-25(22)43-2)40-7-9-44-10-8-40/h3-4,11-14,26,34,41H,5-10,15-17H2,1-2H3,(H2,35,36,37,38)/t26-/m1/s1. The normalized spacial score (nSPS) is 16.5. The van der Waals surface area contributed by atoms with Crippen LogP contribution in [-0.4, -0.2) is 92.4 Å². The lowest BCUT2D eigenvalue weighted by Gasteiger charge is -2.29. The molecular formula is C29H35ClF3N7O4. The van der Waals surface area contributed by atoms with Gasteiger partial charge in [0.05, 0.1) is 38.8 Å². The van der Waals surface area contributed by atoms with E-state index in [9.17, 15) is 18.3 Å². The van der Waals surface area contributed by atoms with Gasteiger partial charge in [-0.05, 0) is 29.8 Å². The number of halogens is 4. The SMILES string of the molecule is COCc1cc2c(cc1Nc1ncc(Cl)c(Nc3ccc(N4CCOCC4)cc3OC)n1)NCCN(C[C@@H](O)C(F)(F)F)C2. The van der Waals surface area contributed by atoms with Crippen LogP contribution in [0.4, 0.5) is 47.7 Å². The summed E-state index contributed by atoms with van der Waals surface area (Å²) >= 11 is 6.47. The van der Waals surface area contributed by atoms with Gasteiger partial charge in [0.25, 0.3) is 0 Å². The van der Waals surface area contributed by atoms with Crippen LogP contribution in [0.2, 0.25) is 5.02 Å². The second kappa shape index (κ2) is 14.0. The van der Waals surface area contributed by atoms with Crippen molar-refractivity contribution in [3.8, 4) is 5.75 Å². The first-order chi connectivity index (χ1) is 21.1. The van der Waals surface area contributed by atoms with Crippen molar-refractivity contribution >= 4 is 46.1 Å². The molecule has 0 spiro atoms. The maximum Gasteiger partial charge on any atom is 0.415 e. The van der Waals surface area contributed by atoms with Gasteiger partial charge in [-0.15, -0.1) is 0 Å². The number of hydrogen-bond donors (Lipinski definition) is 4. The smallest absolute Gasteiger partial charge is 0.415 e. The quantitative estimate of drug-likeness (QED) is 0.247. The van der Waals surface area contributed by atoms with E-state index in [1.165, 1.54) is 6.20 Å². The summed E-state index contributed by atoms with van der Waals surface area (Å²) in [6.45, 7) is 3.61. The average Bonchev–Trinajstić information content (AvgIpc) is 3.20. The van der Waals surface area contributed by atoms with Crippen molar-refractivity contribution in [2.45, 2.75) is 25.4 Å². The zero-order valence-corrected chi connectivity index (χ0v) is 25.1. The average molecular weight is 638 g/mol. The third-order valence-electron chi connectivity index (χ3n) is 7.38. The van der Waals surface area contributed by atoms with Gasteiger partial charge in [0.15, 0.2) is 11.9 Å². The number of nitrogens with one attached hydrogen (secondary N) is 3. The highest BCUT2D eigenvalue weighted by atomic mass is 35.5. The molecule has 11 nitrogen and oxygen atoms in total. The number of aliphatic hydroxyl groups excluding tert-OH is 1. The van der Waals surface area contributed by atoms with Crippen molar-refractivity contribution in [2.75, 3.05) is 81.0 Å². The van der Waals surface area contributed by atoms with E-state index in [2.05, 4.69) is 30.8 Å². The predicted molar refractivity (Wildman–Crippen MR) is 163 cm³/mol. The summed E-state index contributed by atoms with van der Waals surface area (Å²) < 4.78 is 55.4. The Labute approximate surface area is 258 Å². The Kier molecular flexibility index (Phi) is 10.2. The molecule has 2 aromatic carbocycles. The van der Waals surface area contributed by atoms with E-state index in [0.29, 0.717) is 54.3 Å². The van der Waals surface area contributed by atoms with Crippen LogP contribution in [0.3, 0.4) is 0 Å². The number of hydrogen-bond acceptors (Lipinski definition) is 11. The monoisotopic (exact) mass is 637 g/mol. The number of anilines is 6. The molecule has 4 N–H and O–H groups in total. The molecule has 1 saturated heterocycles. The zero-order chi connectivity index (χ0) is 31.3. The molecule has 238 valence electrons. The molecule has 44 heavy (non-hydrogen) atoms. The van der Waals surface area contributed by atoms with E-state index in [1.54, 1.807) is 19.1 Å². The summed E-state index contributed by atoms with van der Waals surface area (Å²) in [5.74, 6) is 1.25. The maximum absolute atomic E-state index is 13.0. The minimum absolute atomic E-state index is 0.226. The molecule has 0 radical (unpaired) electrons. The van der Waals surface area contributed by atoms with E-state index in [-0.39, 0.29) is 19.1 Å². The van der Waals surface area contributed by atoms with Crippen LogP contribution >= 0.6 is 11.6 Å². The number of aliphatic hydroxyl groups is 1. The van der Waals surface area contributed by atoms with Gasteiger partial charge in [-0.2, -0.15) is 18.2 Å². The Hall–Kier alpha value is -3.56. The van der Waals surface area contributed by atoms with Gasteiger partial charge in [-0.3, -0.25) is 4.90 Å². The van der Waals surface area contributed by atoms with Crippen LogP contribution in [0.1, 0.15) is 11.1 Å². The van der Waals surface area contributed by atoms with Gasteiger partial charge < -0.3 is 40.2 Å². The first kappa shape index (κ1) is 31.9. The summed E-state index contributed by atoms with van der Waals surface area (Å²) in [6, 6.07) is 9.57. The van der Waals surface area contributed by atoms with Gasteiger partial charge in [0.1, 0.15) is 10.8 Å². The predicted octanol–water partition coefficient (Wildman–Crippen LogP) is 4.76. The Balaban J connectivity index is 1.36. The van der Waals surface area contributed by atoms with Crippen molar-refractivity contribution in [2.24, 2.45) is 0 Å². The van der Waals surface area contributed by atoms with Gasteiger partial charge in [-0.1, -0.05) is 11.6 Å². The highest BCUT2D eigenvalue weighted by Crippen LogP contribution is 2.35. The fourth-order valence-corrected chi connectivity index (χ4v) is 5.26. The number of benzene rings is 2. The number of aromatic nitrogens is 2. The molecule has 15 heteroatoms. The van der Waals surface area contributed by atoms with E-state index < -0.39 is 18.8 Å². The molecule has 3 aromatic rings. The summed E-state index contributed by atoms with van der Waals surface area (Å²) in [7, 11) is 3.15. The van der Waals surface area contributed by atoms with E-state index in [1.807, 2.05) is 30.3 Å². The van der Waals surface area contributed by atoms with Crippen LogP contribution < -0.4 is 25.6 Å². The Morgan fingerprint density at radius 1 is 1.11 bits per heavy atom. The topological polar surface area (TPSA) is 116 Å². The Bertz CT molecular complexity index is 1440. The van der Waals surface area contributed by atoms with Crippen molar-refractivity contribution in [1.82, 2.24) is 14.9 Å². The van der Waals surface area contributed by atoms with Gasteiger partial charge >= 0.3 is 6.18 Å². The first-order valence-corrected chi connectivity index (χ1v) is 14.5. The Morgan fingerprint density at radius 3 is 2.64 bits per heavy atom. The van der Waals surface area contributed by atoms with Crippen molar-refractivity contribution in [1.29, 1.82) is 0 Å². The van der Waals surface area contributed by atoms with E-state index in [4.69, 9.17) is 25.8 Å². The third kappa shape index (κ3) is 7.74. The molecule has 3 heterocycles. The number of alkyl halides is 3. The molecule has 1 atom stereocenters. The first-order valence-electron chi connectivity index (χ1n) is 14.1. The maximum atomic E-state index is 13.0. The van der Waals surface area contributed by atoms with Gasteiger partial charge in [0.2, 0.25) is 5.95 Å². The number of nitrogens with zero attached hydrogens (tertiary/aromatic N) is 4. The fourth-order valence-electron chi connectivity index (χ4n) is 5.12. The number of β-amino-alcohol motifs (C(OH)–C–C–N with tert-alkyl or cyclic N) is 1. The lowest BCUT2D eigenvalue weighted by Crippen LogP contribution is -2.41. The van der Waals surface area contributed by atoms with Crippen molar-refractivity contribution < 1.29 is 32.5 Å². The molecule has 2 aliphatic heterocycles. The summed E-state index contributed by atoms with van der Waals surface area (Å²) in [4.78, 5) is 12.7. The number of methoxy groups -OCH3 is 2. The third-order valence-corrected chi connectivity index (χ3v) is 7.66. The van der Waals surface area contributed by atoms with Gasteiger partial charge in [-0.25, -0.2) is 4.98 Å². The molecule has 0 unspecified atom stereocenters.